The fourth-order valence-corrected chi connectivity index (χ4v) is 2.94. The van der Waals surface area contributed by atoms with Crippen LogP contribution in [-0.4, -0.2) is 0 Å². The van der Waals surface area contributed by atoms with Gasteiger partial charge in [-0.1, -0.05) is 29.8 Å². The second kappa shape index (κ2) is 5.19. The van der Waals surface area contributed by atoms with Crippen molar-refractivity contribution >= 4 is 33.0 Å². The van der Waals surface area contributed by atoms with E-state index in [0.717, 1.165) is 5.56 Å². The molecule has 1 nitrogen and oxygen atoms in total. The van der Waals surface area contributed by atoms with Crippen molar-refractivity contribution < 1.29 is 9.13 Å². The number of fused-ring (bicyclic) bond motifs is 1. The van der Waals surface area contributed by atoms with Crippen LogP contribution in [0.2, 0.25) is 5.02 Å². The Morgan fingerprint density at radius 2 is 2.00 bits per heavy atom. The lowest BCUT2D eigenvalue weighted by atomic mass is 10.2. The van der Waals surface area contributed by atoms with Crippen LogP contribution in [-0.2, 0) is 6.61 Å². The summed E-state index contributed by atoms with van der Waals surface area (Å²) in [7, 11) is 0. The predicted octanol–water partition coefficient (Wildman–Crippen LogP) is 5.27. The number of hydrogen-bond donors (Lipinski definition) is 0. The lowest BCUT2D eigenvalue weighted by Gasteiger charge is -2.06. The van der Waals surface area contributed by atoms with E-state index >= 15 is 0 Å². The van der Waals surface area contributed by atoms with E-state index in [2.05, 4.69) is 17.5 Å². The molecule has 0 spiro atoms. The molecule has 3 aromatic rings. The third-order valence-corrected chi connectivity index (χ3v) is 4.17. The van der Waals surface area contributed by atoms with Gasteiger partial charge in [-0.3, -0.25) is 0 Å². The first-order valence-electron chi connectivity index (χ1n) is 5.77. The van der Waals surface area contributed by atoms with E-state index < -0.39 is 5.82 Å². The fourth-order valence-electron chi connectivity index (χ4n) is 1.87. The summed E-state index contributed by atoms with van der Waals surface area (Å²) in [6.45, 7) is 0.422. The van der Waals surface area contributed by atoms with E-state index in [4.69, 9.17) is 16.3 Å². The van der Waals surface area contributed by atoms with Gasteiger partial charge in [0.05, 0.1) is 5.02 Å². The number of hydrogen-bond acceptors (Lipinski definition) is 2. The molecule has 0 saturated heterocycles. The molecule has 0 aliphatic carbocycles. The van der Waals surface area contributed by atoms with Crippen LogP contribution in [0.3, 0.4) is 0 Å². The van der Waals surface area contributed by atoms with Gasteiger partial charge in [-0.15, -0.1) is 11.3 Å². The second-order valence-electron chi connectivity index (χ2n) is 4.12. The molecular formula is C15H10ClFOS. The summed E-state index contributed by atoms with van der Waals surface area (Å²) in [6.07, 6.45) is 0. The smallest absolute Gasteiger partial charge is 0.145 e. The highest BCUT2D eigenvalue weighted by atomic mass is 35.5. The molecule has 0 radical (unpaired) electrons. The predicted molar refractivity (Wildman–Crippen MR) is 77.6 cm³/mol. The maximum absolute atomic E-state index is 13.3. The van der Waals surface area contributed by atoms with Crippen LogP contribution in [0, 0.1) is 5.82 Å². The number of thiophene rings is 1. The lowest BCUT2D eigenvalue weighted by molar-refractivity contribution is 0.306. The molecule has 0 unspecified atom stereocenters. The molecule has 1 heterocycles. The first-order chi connectivity index (χ1) is 9.24. The average Bonchev–Trinajstić information content (AvgIpc) is 2.83. The molecule has 0 saturated carbocycles. The van der Waals surface area contributed by atoms with Crippen LogP contribution in [0.25, 0.3) is 10.1 Å². The van der Waals surface area contributed by atoms with Gasteiger partial charge in [0.2, 0.25) is 0 Å². The number of benzene rings is 2. The maximum Gasteiger partial charge on any atom is 0.145 e. The normalized spacial score (nSPS) is 10.8. The van der Waals surface area contributed by atoms with Crippen LogP contribution in [0.15, 0.2) is 47.8 Å². The van der Waals surface area contributed by atoms with Gasteiger partial charge in [0.15, 0.2) is 0 Å². The van der Waals surface area contributed by atoms with Crippen molar-refractivity contribution in [1.82, 2.24) is 0 Å². The largest absolute Gasteiger partial charge is 0.489 e. The maximum atomic E-state index is 13.3. The Bertz CT molecular complexity index is 723. The zero-order chi connectivity index (χ0) is 13.2. The first kappa shape index (κ1) is 12.5. The Kier molecular flexibility index (Phi) is 3.40. The van der Waals surface area contributed by atoms with Crippen LogP contribution in [0.5, 0.6) is 5.75 Å². The minimum Gasteiger partial charge on any atom is -0.489 e. The van der Waals surface area contributed by atoms with Gasteiger partial charge in [0, 0.05) is 16.3 Å². The molecule has 0 bridgehead atoms. The van der Waals surface area contributed by atoms with Crippen molar-refractivity contribution in [2.45, 2.75) is 6.61 Å². The van der Waals surface area contributed by atoms with Gasteiger partial charge in [0.1, 0.15) is 18.2 Å². The van der Waals surface area contributed by atoms with Crippen LogP contribution in [0.4, 0.5) is 4.39 Å². The van der Waals surface area contributed by atoms with E-state index in [1.165, 1.54) is 22.2 Å². The number of ether oxygens (including phenoxy) is 1. The van der Waals surface area contributed by atoms with Gasteiger partial charge in [-0.05, 0) is 29.0 Å². The third-order valence-electron chi connectivity index (χ3n) is 2.85. The fraction of sp³-hybridized carbons (Fsp3) is 0.0667. The monoisotopic (exact) mass is 292 g/mol. The molecule has 0 amide bonds. The summed E-state index contributed by atoms with van der Waals surface area (Å²) in [5, 5.41) is 3.35. The molecule has 1 aromatic heterocycles. The van der Waals surface area contributed by atoms with Gasteiger partial charge in [-0.2, -0.15) is 0 Å². The van der Waals surface area contributed by atoms with Crippen LogP contribution in [0.1, 0.15) is 5.56 Å². The Morgan fingerprint density at radius 1 is 1.16 bits per heavy atom. The van der Waals surface area contributed by atoms with Crippen molar-refractivity contribution in [1.29, 1.82) is 0 Å². The average molecular weight is 293 g/mol. The van der Waals surface area contributed by atoms with Gasteiger partial charge >= 0.3 is 0 Å². The van der Waals surface area contributed by atoms with E-state index in [9.17, 15) is 4.39 Å². The molecule has 2 aromatic carbocycles. The van der Waals surface area contributed by atoms with Crippen molar-refractivity contribution in [3.05, 3.63) is 64.2 Å². The van der Waals surface area contributed by atoms with E-state index in [1.807, 2.05) is 12.1 Å². The third kappa shape index (κ3) is 2.57. The highest BCUT2D eigenvalue weighted by molar-refractivity contribution is 7.17. The Labute approximate surface area is 119 Å². The summed E-state index contributed by atoms with van der Waals surface area (Å²) < 4.78 is 20.1. The topological polar surface area (TPSA) is 9.23 Å². The summed E-state index contributed by atoms with van der Waals surface area (Å²) >= 11 is 7.31. The minimum absolute atomic E-state index is 0.105. The van der Waals surface area contributed by atoms with E-state index in [-0.39, 0.29) is 5.02 Å². The van der Waals surface area contributed by atoms with Gasteiger partial charge in [0.25, 0.3) is 0 Å². The molecular weight excluding hydrogens is 283 g/mol. The van der Waals surface area contributed by atoms with Crippen LogP contribution >= 0.6 is 22.9 Å². The highest BCUT2D eigenvalue weighted by Gasteiger charge is 2.06. The van der Waals surface area contributed by atoms with E-state index in [0.29, 0.717) is 12.4 Å². The molecule has 0 aliphatic rings. The van der Waals surface area contributed by atoms with Crippen molar-refractivity contribution in [2.75, 3.05) is 0 Å². The quantitative estimate of drug-likeness (QED) is 0.639. The summed E-state index contributed by atoms with van der Waals surface area (Å²) in [6, 6.07) is 12.6. The molecule has 0 N–H and O–H groups in total. The van der Waals surface area contributed by atoms with Crippen LogP contribution < -0.4 is 4.74 Å². The van der Waals surface area contributed by atoms with Gasteiger partial charge < -0.3 is 4.74 Å². The Morgan fingerprint density at radius 3 is 2.84 bits per heavy atom. The molecule has 0 fully saturated rings. The summed E-state index contributed by atoms with van der Waals surface area (Å²) in [5.41, 5.74) is 1.11. The summed E-state index contributed by atoms with van der Waals surface area (Å²) in [4.78, 5) is 0. The number of halogens is 2. The Hall–Kier alpha value is -1.58. The number of rotatable bonds is 3. The molecule has 19 heavy (non-hydrogen) atoms. The summed E-state index contributed by atoms with van der Waals surface area (Å²) in [5.74, 6) is 0.0199. The van der Waals surface area contributed by atoms with E-state index in [1.54, 1.807) is 17.4 Å². The molecule has 3 rings (SSSR count). The molecule has 0 atom stereocenters. The van der Waals surface area contributed by atoms with Crippen molar-refractivity contribution in [3.63, 3.8) is 0 Å². The Balaban J connectivity index is 1.80. The second-order valence-corrected chi connectivity index (χ2v) is 5.44. The standard InChI is InChI=1S/C15H10ClFOS/c16-13-6-5-11(7-14(13)17)18-8-10-9-19-15-4-2-1-3-12(10)15/h1-7,9H,8H2. The zero-order valence-corrected chi connectivity index (χ0v) is 11.5. The molecule has 0 aliphatic heterocycles. The minimum atomic E-state index is -0.464. The first-order valence-corrected chi connectivity index (χ1v) is 7.03. The van der Waals surface area contributed by atoms with Crippen molar-refractivity contribution in [3.8, 4) is 5.75 Å². The molecule has 4 heteroatoms. The zero-order valence-electron chi connectivity index (χ0n) is 9.90. The lowest BCUT2D eigenvalue weighted by Crippen LogP contribution is -1.94. The highest BCUT2D eigenvalue weighted by Crippen LogP contribution is 2.27. The van der Waals surface area contributed by atoms with Gasteiger partial charge in [-0.25, -0.2) is 4.39 Å². The SMILES string of the molecule is Fc1cc(OCc2csc3ccccc23)ccc1Cl. The molecule has 96 valence electrons. The van der Waals surface area contributed by atoms with Crippen molar-refractivity contribution in [2.24, 2.45) is 0 Å².